The molecule has 2 aromatic carbocycles. The van der Waals surface area contributed by atoms with Gasteiger partial charge in [0.05, 0.1) is 0 Å². The summed E-state index contributed by atoms with van der Waals surface area (Å²) in [7, 11) is 4.03. The molecule has 140 valence electrons. The van der Waals surface area contributed by atoms with Crippen molar-refractivity contribution < 1.29 is 4.79 Å². The van der Waals surface area contributed by atoms with Crippen LogP contribution in [0.4, 0.5) is 0 Å². The summed E-state index contributed by atoms with van der Waals surface area (Å²) in [4.78, 5) is 21.7. The molecule has 27 heavy (non-hydrogen) atoms. The molecule has 4 nitrogen and oxygen atoms in total. The Balaban J connectivity index is 1.79. The number of aryl methyl sites for hydroxylation is 1. The van der Waals surface area contributed by atoms with Crippen molar-refractivity contribution in [1.82, 2.24) is 14.8 Å². The first-order valence-electron chi connectivity index (χ1n) is 9.03. The topological polar surface area (TPSA) is 36.4 Å². The monoisotopic (exact) mass is 379 g/mol. The molecule has 5 heteroatoms. The average Bonchev–Trinajstić information content (AvgIpc) is 3.16. The van der Waals surface area contributed by atoms with Crippen molar-refractivity contribution in [2.24, 2.45) is 0 Å². The zero-order valence-electron chi connectivity index (χ0n) is 16.1. The highest BCUT2D eigenvalue weighted by atomic mass is 32.1. The van der Waals surface area contributed by atoms with E-state index in [0.717, 1.165) is 22.7 Å². The van der Waals surface area contributed by atoms with E-state index in [1.807, 2.05) is 42.6 Å². The van der Waals surface area contributed by atoms with Gasteiger partial charge in [-0.25, -0.2) is 4.98 Å². The second-order valence-corrected chi connectivity index (χ2v) is 7.78. The van der Waals surface area contributed by atoms with Gasteiger partial charge in [0.15, 0.2) is 0 Å². The van der Waals surface area contributed by atoms with Crippen LogP contribution in [-0.2, 0) is 6.54 Å². The SMILES string of the molecule is Cc1ccc(-c2nc(C(=O)N(CCN(C)C)Cc3ccccc3)cs2)cc1. The van der Waals surface area contributed by atoms with Crippen LogP contribution in [0.1, 0.15) is 21.6 Å². The molecule has 0 aliphatic heterocycles. The van der Waals surface area contributed by atoms with Crippen LogP contribution in [-0.4, -0.2) is 47.9 Å². The molecule has 0 spiro atoms. The first kappa shape index (κ1) is 19.3. The standard InChI is InChI=1S/C22H25N3OS/c1-17-9-11-19(12-10-17)21-23-20(16-27-21)22(26)25(14-13-24(2)3)15-18-7-5-4-6-8-18/h4-12,16H,13-15H2,1-3H3. The fraction of sp³-hybridized carbons (Fsp3) is 0.273. The van der Waals surface area contributed by atoms with E-state index in [1.165, 1.54) is 16.9 Å². The van der Waals surface area contributed by atoms with Gasteiger partial charge in [0.1, 0.15) is 10.7 Å². The summed E-state index contributed by atoms with van der Waals surface area (Å²) in [6, 6.07) is 18.3. The highest BCUT2D eigenvalue weighted by molar-refractivity contribution is 7.13. The number of nitrogens with zero attached hydrogens (tertiary/aromatic N) is 3. The predicted octanol–water partition coefficient (Wildman–Crippen LogP) is 4.32. The quantitative estimate of drug-likeness (QED) is 0.613. The van der Waals surface area contributed by atoms with E-state index < -0.39 is 0 Å². The number of hydrogen-bond donors (Lipinski definition) is 0. The van der Waals surface area contributed by atoms with Gasteiger partial charge in [0.2, 0.25) is 0 Å². The van der Waals surface area contributed by atoms with Gasteiger partial charge in [-0.1, -0.05) is 60.2 Å². The molecule has 0 aliphatic rings. The normalized spacial score (nSPS) is 11.0. The van der Waals surface area contributed by atoms with Gasteiger partial charge in [0, 0.05) is 30.6 Å². The molecule has 1 aromatic heterocycles. The molecular formula is C22H25N3OS. The highest BCUT2D eigenvalue weighted by Gasteiger charge is 2.19. The van der Waals surface area contributed by atoms with Crippen LogP contribution in [0.2, 0.25) is 0 Å². The summed E-state index contributed by atoms with van der Waals surface area (Å²) in [5.41, 5.74) is 3.90. The number of benzene rings is 2. The van der Waals surface area contributed by atoms with Crippen molar-refractivity contribution in [2.75, 3.05) is 27.2 Å². The Labute approximate surface area is 165 Å². The minimum atomic E-state index is -0.0182. The van der Waals surface area contributed by atoms with E-state index in [0.29, 0.717) is 18.8 Å². The van der Waals surface area contributed by atoms with Gasteiger partial charge in [0.25, 0.3) is 5.91 Å². The largest absolute Gasteiger partial charge is 0.332 e. The Morgan fingerprint density at radius 1 is 1.00 bits per heavy atom. The lowest BCUT2D eigenvalue weighted by atomic mass is 10.2. The minimum absolute atomic E-state index is 0.0182. The zero-order chi connectivity index (χ0) is 19.2. The highest BCUT2D eigenvalue weighted by Crippen LogP contribution is 2.25. The lowest BCUT2D eigenvalue weighted by molar-refractivity contribution is 0.0727. The molecule has 1 heterocycles. The number of carbonyl (C=O) groups is 1. The van der Waals surface area contributed by atoms with Crippen molar-refractivity contribution in [3.8, 4) is 10.6 Å². The van der Waals surface area contributed by atoms with Gasteiger partial charge >= 0.3 is 0 Å². The number of aromatic nitrogens is 1. The molecule has 0 unspecified atom stereocenters. The molecule has 0 atom stereocenters. The van der Waals surface area contributed by atoms with E-state index in [-0.39, 0.29) is 5.91 Å². The summed E-state index contributed by atoms with van der Waals surface area (Å²) < 4.78 is 0. The van der Waals surface area contributed by atoms with E-state index in [2.05, 4.69) is 53.2 Å². The van der Waals surface area contributed by atoms with Gasteiger partial charge < -0.3 is 9.80 Å². The molecule has 0 saturated heterocycles. The lowest BCUT2D eigenvalue weighted by Crippen LogP contribution is -2.36. The van der Waals surface area contributed by atoms with Crippen LogP contribution in [0.3, 0.4) is 0 Å². The van der Waals surface area contributed by atoms with Crippen molar-refractivity contribution in [3.05, 3.63) is 76.8 Å². The maximum absolute atomic E-state index is 13.1. The van der Waals surface area contributed by atoms with E-state index in [4.69, 9.17) is 0 Å². The first-order chi connectivity index (χ1) is 13.0. The smallest absolute Gasteiger partial charge is 0.273 e. The van der Waals surface area contributed by atoms with Crippen LogP contribution in [0.25, 0.3) is 10.6 Å². The minimum Gasteiger partial charge on any atom is -0.332 e. The number of rotatable bonds is 7. The van der Waals surface area contributed by atoms with E-state index in [9.17, 15) is 4.79 Å². The Morgan fingerprint density at radius 2 is 1.70 bits per heavy atom. The zero-order valence-corrected chi connectivity index (χ0v) is 16.9. The summed E-state index contributed by atoms with van der Waals surface area (Å²) in [6.45, 7) is 4.13. The van der Waals surface area contributed by atoms with Gasteiger partial charge in [-0.3, -0.25) is 4.79 Å². The molecule has 0 radical (unpaired) electrons. The van der Waals surface area contributed by atoms with Gasteiger partial charge in [-0.15, -0.1) is 11.3 Å². The summed E-state index contributed by atoms with van der Waals surface area (Å²) in [5.74, 6) is -0.0182. The van der Waals surface area contributed by atoms with Crippen molar-refractivity contribution in [1.29, 1.82) is 0 Å². The maximum atomic E-state index is 13.1. The fourth-order valence-corrected chi connectivity index (χ4v) is 3.54. The number of thiazole rings is 1. The molecule has 0 fully saturated rings. The Morgan fingerprint density at radius 3 is 2.37 bits per heavy atom. The Bertz CT molecular complexity index is 872. The molecule has 0 aliphatic carbocycles. The first-order valence-corrected chi connectivity index (χ1v) is 9.91. The third kappa shape index (κ3) is 5.25. The number of likely N-dealkylation sites (N-methyl/N-ethyl adjacent to an activating group) is 1. The van der Waals surface area contributed by atoms with Gasteiger partial charge in [-0.05, 0) is 26.6 Å². The number of hydrogen-bond acceptors (Lipinski definition) is 4. The number of amides is 1. The van der Waals surface area contributed by atoms with E-state index >= 15 is 0 Å². The van der Waals surface area contributed by atoms with Crippen molar-refractivity contribution in [2.45, 2.75) is 13.5 Å². The van der Waals surface area contributed by atoms with Crippen LogP contribution < -0.4 is 0 Å². The van der Waals surface area contributed by atoms with Gasteiger partial charge in [-0.2, -0.15) is 0 Å². The molecule has 1 amide bonds. The van der Waals surface area contributed by atoms with E-state index in [1.54, 1.807) is 0 Å². The molecule has 3 aromatic rings. The molecule has 3 rings (SSSR count). The third-order valence-electron chi connectivity index (χ3n) is 4.34. The summed E-state index contributed by atoms with van der Waals surface area (Å²) >= 11 is 1.52. The maximum Gasteiger partial charge on any atom is 0.273 e. The Kier molecular flexibility index (Phi) is 6.37. The van der Waals surface area contributed by atoms with Crippen LogP contribution in [0.15, 0.2) is 60.0 Å². The van der Waals surface area contributed by atoms with Crippen molar-refractivity contribution in [3.63, 3.8) is 0 Å². The summed E-state index contributed by atoms with van der Waals surface area (Å²) in [5, 5.41) is 2.75. The predicted molar refractivity (Wildman–Crippen MR) is 112 cm³/mol. The lowest BCUT2D eigenvalue weighted by Gasteiger charge is -2.24. The Hall–Kier alpha value is -2.50. The van der Waals surface area contributed by atoms with Crippen LogP contribution in [0, 0.1) is 6.92 Å². The fourth-order valence-electron chi connectivity index (χ4n) is 2.74. The third-order valence-corrected chi connectivity index (χ3v) is 5.23. The molecule has 0 saturated carbocycles. The molecule has 0 bridgehead atoms. The second-order valence-electron chi connectivity index (χ2n) is 6.92. The average molecular weight is 380 g/mol. The number of carbonyl (C=O) groups excluding carboxylic acids is 1. The molecule has 0 N–H and O–H groups in total. The van der Waals surface area contributed by atoms with Crippen LogP contribution in [0.5, 0.6) is 0 Å². The molecular weight excluding hydrogens is 354 g/mol. The van der Waals surface area contributed by atoms with Crippen LogP contribution >= 0.6 is 11.3 Å². The summed E-state index contributed by atoms with van der Waals surface area (Å²) in [6.07, 6.45) is 0. The second kappa shape index (κ2) is 8.93. The van der Waals surface area contributed by atoms with Crippen molar-refractivity contribution >= 4 is 17.2 Å².